The summed E-state index contributed by atoms with van der Waals surface area (Å²) in [5.74, 6) is 0.0554. The lowest BCUT2D eigenvalue weighted by Crippen LogP contribution is -1.85. The highest BCUT2D eigenvalue weighted by atomic mass is 32.1. The number of anilines is 1. The Morgan fingerprint density at radius 3 is 3.27 bits per heavy atom. The topological polar surface area (TPSA) is 62.7 Å². The molecular formula is C7H7N3S. The first-order valence-corrected chi connectivity index (χ1v) is 4.27. The smallest absolute Gasteiger partial charge is 0.180 e. The Morgan fingerprint density at radius 2 is 2.55 bits per heavy atom. The van der Waals surface area contributed by atoms with E-state index >= 15 is 0 Å². The molecule has 0 aliphatic heterocycles. The lowest BCUT2D eigenvalue weighted by Gasteiger charge is -1.92. The molecule has 2 N–H and O–H groups in total. The minimum Gasteiger partial charge on any atom is -0.375 e. The predicted molar refractivity (Wildman–Crippen MR) is 43.2 cm³/mol. The Labute approximate surface area is 68.5 Å². The van der Waals surface area contributed by atoms with Crippen LogP contribution in [0.3, 0.4) is 0 Å². The average Bonchev–Trinajstić information content (AvgIpc) is 2.45. The van der Waals surface area contributed by atoms with E-state index in [0.717, 1.165) is 23.4 Å². The monoisotopic (exact) mass is 165 g/mol. The van der Waals surface area contributed by atoms with Crippen molar-refractivity contribution < 1.29 is 0 Å². The van der Waals surface area contributed by atoms with Crippen LogP contribution in [0.15, 0.2) is 0 Å². The van der Waals surface area contributed by atoms with Gasteiger partial charge in [0, 0.05) is 4.88 Å². The van der Waals surface area contributed by atoms with Crippen LogP contribution in [0, 0.1) is 11.3 Å². The summed E-state index contributed by atoms with van der Waals surface area (Å²) < 4.78 is 0. The van der Waals surface area contributed by atoms with E-state index in [4.69, 9.17) is 11.0 Å². The van der Waals surface area contributed by atoms with Crippen molar-refractivity contribution in [1.82, 2.24) is 4.98 Å². The lowest BCUT2D eigenvalue weighted by atomic mass is 10.1. The van der Waals surface area contributed by atoms with Crippen molar-refractivity contribution in [3.8, 4) is 6.07 Å². The Balaban J connectivity index is 2.47. The number of nitrogen functional groups attached to an aromatic ring is 1. The van der Waals surface area contributed by atoms with Gasteiger partial charge in [0.25, 0.3) is 0 Å². The molecular weight excluding hydrogens is 158 g/mol. The molecule has 4 heteroatoms. The molecule has 0 saturated carbocycles. The van der Waals surface area contributed by atoms with Gasteiger partial charge in [0.05, 0.1) is 17.7 Å². The fourth-order valence-electron chi connectivity index (χ4n) is 1.37. The largest absolute Gasteiger partial charge is 0.375 e. The van der Waals surface area contributed by atoms with Gasteiger partial charge in [-0.2, -0.15) is 5.26 Å². The average molecular weight is 165 g/mol. The molecule has 0 saturated heterocycles. The second-order valence-corrected chi connectivity index (χ2v) is 3.65. The molecule has 1 aromatic heterocycles. The molecule has 1 aliphatic carbocycles. The van der Waals surface area contributed by atoms with Gasteiger partial charge in [0.2, 0.25) is 0 Å². The summed E-state index contributed by atoms with van der Waals surface area (Å²) >= 11 is 1.45. The quantitative estimate of drug-likeness (QED) is 0.629. The summed E-state index contributed by atoms with van der Waals surface area (Å²) in [5, 5.41) is 9.30. The molecule has 0 spiro atoms. The molecule has 0 unspecified atom stereocenters. The van der Waals surface area contributed by atoms with Crippen LogP contribution >= 0.6 is 11.3 Å². The van der Waals surface area contributed by atoms with Crippen LogP contribution < -0.4 is 5.73 Å². The number of thiazole rings is 1. The summed E-state index contributed by atoms with van der Waals surface area (Å²) in [6.07, 6.45) is 1.84. The predicted octanol–water partition coefficient (Wildman–Crippen LogP) is 1.28. The zero-order chi connectivity index (χ0) is 7.84. The van der Waals surface area contributed by atoms with Crippen LogP contribution in [-0.2, 0) is 6.42 Å². The van der Waals surface area contributed by atoms with E-state index in [1.165, 1.54) is 11.3 Å². The summed E-state index contributed by atoms with van der Waals surface area (Å²) in [6, 6.07) is 2.25. The number of fused-ring (bicyclic) bond motifs is 1. The molecule has 2 rings (SSSR count). The molecule has 0 aromatic carbocycles. The molecule has 0 fully saturated rings. The molecule has 0 radical (unpaired) electrons. The summed E-state index contributed by atoms with van der Waals surface area (Å²) in [4.78, 5) is 5.22. The van der Waals surface area contributed by atoms with E-state index in [2.05, 4.69) is 11.1 Å². The first kappa shape index (κ1) is 6.62. The molecule has 1 aromatic rings. The maximum absolute atomic E-state index is 8.71. The highest BCUT2D eigenvalue weighted by Gasteiger charge is 2.25. The molecule has 1 atom stereocenters. The number of nitriles is 1. The first-order chi connectivity index (χ1) is 5.31. The van der Waals surface area contributed by atoms with Crippen molar-refractivity contribution in [3.63, 3.8) is 0 Å². The molecule has 3 nitrogen and oxygen atoms in total. The first-order valence-electron chi connectivity index (χ1n) is 3.46. The zero-order valence-corrected chi connectivity index (χ0v) is 6.69. The third-order valence-electron chi connectivity index (χ3n) is 1.89. The Hall–Kier alpha value is -1.08. The fourth-order valence-corrected chi connectivity index (χ4v) is 2.33. The van der Waals surface area contributed by atoms with Crippen molar-refractivity contribution in [3.05, 3.63) is 10.6 Å². The van der Waals surface area contributed by atoms with Crippen molar-refractivity contribution in [2.45, 2.75) is 18.8 Å². The van der Waals surface area contributed by atoms with E-state index in [1.54, 1.807) is 0 Å². The van der Waals surface area contributed by atoms with Gasteiger partial charge >= 0.3 is 0 Å². The van der Waals surface area contributed by atoms with Gasteiger partial charge in [-0.25, -0.2) is 4.98 Å². The number of aromatic nitrogens is 1. The van der Waals surface area contributed by atoms with Crippen molar-refractivity contribution >= 4 is 16.5 Å². The van der Waals surface area contributed by atoms with Gasteiger partial charge in [-0.15, -0.1) is 11.3 Å². The summed E-state index contributed by atoms with van der Waals surface area (Å²) in [5.41, 5.74) is 6.54. The number of hydrogen-bond acceptors (Lipinski definition) is 4. The maximum atomic E-state index is 8.71. The number of rotatable bonds is 0. The fraction of sp³-hybridized carbons (Fsp3) is 0.429. The van der Waals surface area contributed by atoms with E-state index in [-0.39, 0.29) is 5.92 Å². The van der Waals surface area contributed by atoms with Crippen molar-refractivity contribution in [1.29, 1.82) is 5.26 Å². The van der Waals surface area contributed by atoms with E-state index < -0.39 is 0 Å². The molecule has 0 amide bonds. The van der Waals surface area contributed by atoms with Gasteiger partial charge < -0.3 is 5.73 Å². The molecule has 0 bridgehead atoms. The van der Waals surface area contributed by atoms with E-state index in [1.807, 2.05) is 0 Å². The van der Waals surface area contributed by atoms with Gasteiger partial charge in [0.15, 0.2) is 5.13 Å². The molecule has 1 heterocycles. The van der Waals surface area contributed by atoms with Crippen LogP contribution in [0.1, 0.15) is 22.9 Å². The van der Waals surface area contributed by atoms with Crippen molar-refractivity contribution in [2.24, 2.45) is 0 Å². The second kappa shape index (κ2) is 2.21. The van der Waals surface area contributed by atoms with Crippen LogP contribution in [-0.4, -0.2) is 4.98 Å². The number of hydrogen-bond donors (Lipinski definition) is 1. The zero-order valence-electron chi connectivity index (χ0n) is 5.87. The second-order valence-electron chi connectivity index (χ2n) is 2.58. The number of aryl methyl sites for hydroxylation is 1. The Bertz CT molecular complexity index is 323. The summed E-state index contributed by atoms with van der Waals surface area (Å²) in [7, 11) is 0. The van der Waals surface area contributed by atoms with Crippen LogP contribution in [0.25, 0.3) is 0 Å². The van der Waals surface area contributed by atoms with Crippen LogP contribution in [0.5, 0.6) is 0 Å². The molecule has 1 aliphatic rings. The molecule has 11 heavy (non-hydrogen) atoms. The molecule has 56 valence electrons. The van der Waals surface area contributed by atoms with Gasteiger partial charge in [-0.1, -0.05) is 0 Å². The lowest BCUT2D eigenvalue weighted by molar-refractivity contribution is 0.825. The Morgan fingerprint density at radius 1 is 1.73 bits per heavy atom. The highest BCUT2D eigenvalue weighted by Crippen LogP contribution is 2.37. The van der Waals surface area contributed by atoms with Crippen molar-refractivity contribution in [2.75, 3.05) is 5.73 Å². The van der Waals surface area contributed by atoms with Gasteiger partial charge in [-0.05, 0) is 12.8 Å². The minimum atomic E-state index is 0.0554. The van der Waals surface area contributed by atoms with E-state index in [9.17, 15) is 0 Å². The SMILES string of the molecule is N#C[C@H]1CCc2nc(N)sc21. The van der Waals surface area contributed by atoms with E-state index in [0.29, 0.717) is 5.13 Å². The third kappa shape index (κ3) is 0.889. The van der Waals surface area contributed by atoms with Gasteiger partial charge in [0.1, 0.15) is 0 Å². The number of nitrogens with zero attached hydrogens (tertiary/aromatic N) is 2. The normalized spacial score (nSPS) is 21.2. The number of nitrogens with two attached hydrogens (primary N) is 1. The van der Waals surface area contributed by atoms with Gasteiger partial charge in [-0.3, -0.25) is 0 Å². The highest BCUT2D eigenvalue weighted by molar-refractivity contribution is 7.15. The third-order valence-corrected chi connectivity index (χ3v) is 2.93. The standard InChI is InChI=1S/C7H7N3S/c8-3-4-1-2-5-6(4)11-7(9)10-5/h4H,1-2H2,(H2,9,10)/t4-/m1/s1. The maximum Gasteiger partial charge on any atom is 0.180 e. The van der Waals surface area contributed by atoms with Crippen LogP contribution in [0.4, 0.5) is 5.13 Å². The Kier molecular flexibility index (Phi) is 1.33. The minimum absolute atomic E-state index is 0.0554. The summed E-state index contributed by atoms with van der Waals surface area (Å²) in [6.45, 7) is 0. The van der Waals surface area contributed by atoms with Crippen LogP contribution in [0.2, 0.25) is 0 Å².